The van der Waals surface area contributed by atoms with Crippen molar-refractivity contribution in [1.29, 1.82) is 0 Å². The Balaban J connectivity index is 0.965. The van der Waals surface area contributed by atoms with E-state index in [0.717, 1.165) is 72.2 Å². The molecule has 32 nitrogen and oxygen atoms in total. The summed E-state index contributed by atoms with van der Waals surface area (Å²) in [6.07, 6.45) is -7.46. The molecule has 8 amide bonds. The summed E-state index contributed by atoms with van der Waals surface area (Å²) in [5, 5.41) is 117. The third kappa shape index (κ3) is 19.2. The molecule has 13 atom stereocenters. The Labute approximate surface area is 578 Å². The first-order valence-electron chi connectivity index (χ1n) is 32.8. The van der Waals surface area contributed by atoms with Crippen molar-refractivity contribution in [2.75, 3.05) is 63.9 Å². The Morgan fingerprint density at radius 1 is 0.768 bits per heavy atom. The Hall–Kier alpha value is -8.13. The summed E-state index contributed by atoms with van der Waals surface area (Å²) < 4.78 is 14.3. The average Bonchev–Trinajstić information content (AvgIpc) is 1.67. The monoisotopic (exact) mass is 1420 g/mol. The van der Waals surface area contributed by atoms with Crippen molar-refractivity contribution in [3.05, 3.63) is 90.5 Å². The second-order valence-corrected chi connectivity index (χ2v) is 27.1. The third-order valence-corrected chi connectivity index (χ3v) is 19.9. The molecule has 0 unspecified atom stereocenters. The molecule has 4 aromatic rings. The molecule has 1 aliphatic carbocycles. The number of nitrogens with zero attached hydrogens (tertiary/aromatic N) is 6. The second-order valence-electron chi connectivity index (χ2n) is 25.7. The van der Waals surface area contributed by atoms with Gasteiger partial charge in [0.2, 0.25) is 35.4 Å². The Morgan fingerprint density at radius 3 is 2.07 bits per heavy atom. The van der Waals surface area contributed by atoms with Gasteiger partial charge in [-0.25, -0.2) is 10.1 Å². The zero-order valence-corrected chi connectivity index (χ0v) is 56.4. The highest BCUT2D eigenvalue weighted by molar-refractivity contribution is 7.90. The van der Waals surface area contributed by atoms with Crippen LogP contribution in [0.2, 0.25) is 0 Å². The number of aromatic nitrogens is 2. The number of nitrogens with one attached hydrogen (secondary N) is 6. The summed E-state index contributed by atoms with van der Waals surface area (Å²) in [7, 11) is 0. The first-order chi connectivity index (χ1) is 47.4. The van der Waals surface area contributed by atoms with Crippen LogP contribution in [0.25, 0.3) is 21.1 Å². The molecule has 5 aliphatic rings. The number of aliphatic hydroxyl groups is 6. The molecule has 4 saturated heterocycles. The van der Waals surface area contributed by atoms with E-state index in [1.807, 2.05) is 12.1 Å². The second kappa shape index (κ2) is 34.8. The highest BCUT2D eigenvalue weighted by atomic mass is 32.2. The van der Waals surface area contributed by atoms with Crippen molar-refractivity contribution >= 4 is 76.8 Å². The summed E-state index contributed by atoms with van der Waals surface area (Å²) in [4.78, 5) is 122. The maximum Gasteiger partial charge on any atom is 0.407 e. The molecule has 538 valence electrons. The van der Waals surface area contributed by atoms with Gasteiger partial charge in [0.1, 0.15) is 52.9 Å². The molecule has 1 saturated carbocycles. The molecule has 99 heavy (non-hydrogen) atoms. The normalized spacial score (nSPS) is 27.2. The molecular formula is C65H86N12O20S2. The molecule has 5 heterocycles. The molecule has 0 spiro atoms. The number of piperazine rings is 1. The first kappa shape index (κ1) is 75.1. The summed E-state index contributed by atoms with van der Waals surface area (Å²) in [6, 6.07) is 7.07. The Morgan fingerprint density at radius 2 is 1.41 bits per heavy atom. The molecule has 0 bridgehead atoms. The number of β-amino-alcohol motifs (C(OH)–C–C–N with tert-alkyl or cyclic N) is 1. The highest BCUT2D eigenvalue weighted by Crippen LogP contribution is 2.35. The van der Waals surface area contributed by atoms with Gasteiger partial charge in [-0.15, -0.1) is 10.2 Å². The van der Waals surface area contributed by atoms with E-state index >= 15 is 4.79 Å². The van der Waals surface area contributed by atoms with E-state index in [9.17, 15) is 69.3 Å². The molecule has 5 fully saturated rings. The van der Waals surface area contributed by atoms with Gasteiger partial charge in [-0.2, -0.15) is 0 Å². The van der Waals surface area contributed by atoms with Gasteiger partial charge in [0.15, 0.2) is 11.5 Å². The topological polar surface area (TPSA) is 446 Å². The largest absolute Gasteiger partial charge is 0.504 e. The van der Waals surface area contributed by atoms with E-state index < -0.39 is 177 Å². The van der Waals surface area contributed by atoms with Gasteiger partial charge in [-0.3, -0.25) is 38.5 Å². The van der Waals surface area contributed by atoms with Gasteiger partial charge in [0, 0.05) is 106 Å². The van der Waals surface area contributed by atoms with Gasteiger partial charge in [-0.1, -0.05) is 65.4 Å². The van der Waals surface area contributed by atoms with E-state index in [0.29, 0.717) is 21.6 Å². The molecule has 1 aromatic heterocycles. The lowest BCUT2D eigenvalue weighted by molar-refractivity contribution is -0.433. The van der Waals surface area contributed by atoms with Crippen molar-refractivity contribution in [1.82, 2.24) is 56.8 Å². The van der Waals surface area contributed by atoms with Crippen LogP contribution in [0.1, 0.15) is 81.6 Å². The Bertz CT molecular complexity index is 3470. The minimum absolute atomic E-state index is 0.0197. The van der Waals surface area contributed by atoms with E-state index in [-0.39, 0.29) is 42.4 Å². The smallest absolute Gasteiger partial charge is 0.407 e. The number of hydrogen-bond donors (Lipinski definition) is 14. The minimum atomic E-state index is -2.18. The van der Waals surface area contributed by atoms with Gasteiger partial charge < -0.3 is 91.3 Å². The molecule has 0 radical (unpaired) electrons. The predicted octanol–water partition coefficient (Wildman–Crippen LogP) is -0.108. The molecular weight excluding hydrogens is 1330 g/mol. The van der Waals surface area contributed by atoms with E-state index in [2.05, 4.69) is 86.9 Å². The lowest BCUT2D eigenvalue weighted by Crippen LogP contribution is -2.64. The molecule has 4 aliphatic heterocycles. The van der Waals surface area contributed by atoms with Gasteiger partial charge in [0.25, 0.3) is 18.2 Å². The number of rotatable bonds is 20. The summed E-state index contributed by atoms with van der Waals surface area (Å²) in [5.74, 6) is -8.89. The number of alkyl carbamates (subject to hydrolysis) is 1. The van der Waals surface area contributed by atoms with E-state index in [1.165, 1.54) is 68.2 Å². The van der Waals surface area contributed by atoms with Gasteiger partial charge in [0.05, 0.1) is 36.6 Å². The zero-order chi connectivity index (χ0) is 71.2. The number of hydrogen-bond acceptors (Lipinski definition) is 26. The van der Waals surface area contributed by atoms with Crippen LogP contribution in [0.3, 0.4) is 0 Å². The van der Waals surface area contributed by atoms with Crippen LogP contribution < -0.4 is 41.0 Å². The van der Waals surface area contributed by atoms with Crippen molar-refractivity contribution in [3.63, 3.8) is 0 Å². The SMILES string of the molecule is C=CCOC(=O)NCC[C@@H](O)[C@@H]1NC(=O)[C@H]([C@H](O)Cc2ccc(O)c(OSOOO)c2)NC(=O)[C@@H]2C[C@@H](O)CN2C(=O)[C@H]([C@H](C)O)NC(=O)[C@@H](NC(=O)c2ccc(-c3nnc(-c4ccc(N5CCN(C6CCC(C)CC6)CC5)cc4)s3)cc2)C[C@H](O)CNC(=O)[C@@H]2[C@@H](O)[C@H](C)CN2C1=O. The lowest BCUT2D eigenvalue weighted by atomic mass is 9.86. The van der Waals surface area contributed by atoms with E-state index in [1.54, 1.807) is 12.1 Å². The fourth-order valence-corrected chi connectivity index (χ4v) is 14.1. The average molecular weight is 1420 g/mol. The van der Waals surface area contributed by atoms with Crippen molar-refractivity contribution in [2.45, 2.75) is 151 Å². The van der Waals surface area contributed by atoms with Crippen molar-refractivity contribution < 1.29 is 97.7 Å². The van der Waals surface area contributed by atoms with Crippen LogP contribution in [-0.2, 0) is 49.3 Å². The summed E-state index contributed by atoms with van der Waals surface area (Å²) in [6.45, 7) is 10.1. The van der Waals surface area contributed by atoms with Crippen molar-refractivity contribution in [3.8, 4) is 32.6 Å². The molecule has 9 rings (SSSR count). The number of aromatic hydroxyl groups is 1. The number of amides is 8. The number of anilines is 1. The highest BCUT2D eigenvalue weighted by Gasteiger charge is 2.50. The van der Waals surface area contributed by atoms with Crippen LogP contribution in [0.5, 0.6) is 11.5 Å². The molecule has 14 N–H and O–H groups in total. The fraction of sp³-hybridized carbons (Fsp3) is 0.538. The number of benzene rings is 3. The Kier molecular flexibility index (Phi) is 26.4. The summed E-state index contributed by atoms with van der Waals surface area (Å²) >= 11 is 1.40. The number of ether oxygens (including phenoxy) is 1. The standard InChI is InChI=1S/C65H86N12O20S2/c1-5-26-94-65(92)66-21-20-48(82)53-64(91)77-32-35(3)55(84)54(77)60(89)67-31-43(79)29-45(68-56(85)38-9-11-39(12-10-38)61-72-73-62(98-61)40-13-17-42(18-14-40)75-24-22-74(23-25-75)41-15-6-34(2)7-16-41)57(86)69-51(36(4)78)63(90)76-33-44(80)30-46(76)58(87)70-52(59(88)71-53)49(83)27-37-8-19-47(81)50(28-37)95-99-97-96-93/h5,8-14,17-19,28,34-36,41,43-46,48-49,51-55,78-84,93H,1,6-7,15-16,20-27,29-33H2,2-4H3,(H,66,92)(H,67,89)(H,68,85)(H,69,86)(H,70,87)(H,71,88)/t34?,35-,36+,41?,43+,44-,45+,46+,48-,49-,51+,52+,53+,54+,55+/m1/s1. The van der Waals surface area contributed by atoms with Crippen molar-refractivity contribution in [2.24, 2.45) is 11.8 Å². The predicted molar refractivity (Wildman–Crippen MR) is 356 cm³/mol. The molecule has 3 aromatic carbocycles. The zero-order valence-electron chi connectivity index (χ0n) is 54.8. The summed E-state index contributed by atoms with van der Waals surface area (Å²) in [5.41, 5.74) is 2.72. The van der Waals surface area contributed by atoms with Crippen LogP contribution in [0.4, 0.5) is 10.5 Å². The number of carbonyl (C=O) groups is 8. The molecule has 34 heteroatoms. The van der Waals surface area contributed by atoms with Crippen LogP contribution in [0.15, 0.2) is 79.4 Å². The number of fused-ring (bicyclic) bond motifs is 2. The third-order valence-electron chi connectivity index (χ3n) is 18.6. The number of aliphatic hydroxyl groups excluding tert-OH is 6. The van der Waals surface area contributed by atoms with Crippen LogP contribution in [-0.4, -0.2) is 251 Å². The van der Waals surface area contributed by atoms with Gasteiger partial charge >= 0.3 is 6.09 Å². The maximum absolute atomic E-state index is 15.0. The first-order valence-corrected chi connectivity index (χ1v) is 34.3. The number of phenolic OH excluding ortho intramolecular Hbond substituents is 1. The van der Waals surface area contributed by atoms with Crippen LogP contribution in [0, 0.1) is 11.8 Å². The minimum Gasteiger partial charge on any atom is -0.504 e. The van der Waals surface area contributed by atoms with Gasteiger partial charge in [-0.05, 0) is 99.0 Å². The van der Waals surface area contributed by atoms with Crippen LogP contribution >= 0.6 is 23.7 Å². The lowest BCUT2D eigenvalue weighted by Gasteiger charge is -2.42. The number of phenols is 1. The quantitative estimate of drug-likeness (QED) is 0.0180. The van der Waals surface area contributed by atoms with E-state index in [4.69, 9.17) is 14.2 Å². The maximum atomic E-state index is 15.0. The fourth-order valence-electron chi connectivity index (χ4n) is 13.0. The number of carbonyl (C=O) groups excluding carboxylic acids is 8.